The summed E-state index contributed by atoms with van der Waals surface area (Å²) >= 11 is 3.81. The summed E-state index contributed by atoms with van der Waals surface area (Å²) in [6.07, 6.45) is 16.1. The Morgan fingerprint density at radius 3 is 2.13 bits per heavy atom. The molecule has 0 fully saturated rings. The molecule has 0 aliphatic heterocycles. The van der Waals surface area contributed by atoms with Gasteiger partial charge in [-0.2, -0.15) is 0 Å². The van der Waals surface area contributed by atoms with Gasteiger partial charge in [-0.05, 0) is 12.8 Å². The maximum atomic E-state index is 3.96. The first-order chi connectivity index (χ1) is 7.14. The first-order valence-corrected chi connectivity index (χ1v) is 5.85. The Labute approximate surface area is 101 Å². The summed E-state index contributed by atoms with van der Waals surface area (Å²) in [6.45, 7) is 11.6. The molecule has 1 aliphatic carbocycles. The van der Waals surface area contributed by atoms with Crippen LogP contribution in [-0.4, -0.2) is 4.32 Å². The van der Waals surface area contributed by atoms with Gasteiger partial charge in [0.25, 0.3) is 0 Å². The van der Waals surface area contributed by atoms with E-state index in [9.17, 15) is 0 Å². The average molecular weight is 265 g/mol. The summed E-state index contributed by atoms with van der Waals surface area (Å²) in [4.78, 5) is 0. The molecule has 0 aromatic carbocycles. The van der Waals surface area contributed by atoms with Crippen molar-refractivity contribution in [3.05, 3.63) is 62.3 Å². The first-order valence-electron chi connectivity index (χ1n) is 5.05. The monoisotopic (exact) mass is 264 g/mol. The molecule has 15 heavy (non-hydrogen) atoms. The molecule has 0 heterocycles. The summed E-state index contributed by atoms with van der Waals surface area (Å²) in [5.74, 6) is 0. The molecular weight excluding hydrogens is 248 g/mol. The number of halogens is 1. The van der Waals surface area contributed by atoms with E-state index in [0.717, 1.165) is 12.8 Å². The topological polar surface area (TPSA) is 0 Å². The Balaban J connectivity index is 3.15. The van der Waals surface area contributed by atoms with Crippen molar-refractivity contribution in [2.75, 3.05) is 0 Å². The zero-order chi connectivity index (χ0) is 11.4. The van der Waals surface area contributed by atoms with Gasteiger partial charge >= 0.3 is 0 Å². The lowest BCUT2D eigenvalue weighted by Crippen LogP contribution is -2.39. The summed E-state index contributed by atoms with van der Waals surface area (Å²) < 4.78 is -0.119. The summed E-state index contributed by atoms with van der Waals surface area (Å²) in [7, 11) is 0. The van der Waals surface area contributed by atoms with E-state index in [-0.39, 0.29) is 9.74 Å². The summed E-state index contributed by atoms with van der Waals surface area (Å²) in [6, 6.07) is 0. The Morgan fingerprint density at radius 1 is 1.00 bits per heavy atom. The van der Waals surface area contributed by atoms with Crippen LogP contribution in [0, 0.1) is 5.41 Å². The van der Waals surface area contributed by atoms with Crippen molar-refractivity contribution in [2.24, 2.45) is 5.41 Å². The SMILES string of the molecule is C=CCC1(Br)C=CC=CC1(C=C)CC=C. The van der Waals surface area contributed by atoms with Crippen LogP contribution < -0.4 is 0 Å². The van der Waals surface area contributed by atoms with Gasteiger partial charge < -0.3 is 0 Å². The zero-order valence-corrected chi connectivity index (χ0v) is 10.5. The maximum Gasteiger partial charge on any atom is 0.0602 e. The minimum atomic E-state index is -0.119. The lowest BCUT2D eigenvalue weighted by Gasteiger charge is -2.42. The van der Waals surface area contributed by atoms with Crippen LogP contribution >= 0.6 is 15.9 Å². The molecule has 80 valence electrons. The molecule has 0 saturated heterocycles. The molecule has 0 aromatic rings. The molecular formula is C14H17Br. The molecule has 0 N–H and O–H groups in total. The second-order valence-electron chi connectivity index (χ2n) is 3.81. The molecule has 0 spiro atoms. The molecule has 1 aliphatic rings. The van der Waals surface area contributed by atoms with E-state index in [0.29, 0.717) is 0 Å². The Hall–Kier alpha value is -0.820. The third-order valence-electron chi connectivity index (χ3n) is 2.93. The van der Waals surface area contributed by atoms with E-state index in [2.05, 4.69) is 60.0 Å². The van der Waals surface area contributed by atoms with E-state index in [4.69, 9.17) is 0 Å². The molecule has 0 amide bonds. The van der Waals surface area contributed by atoms with Crippen molar-refractivity contribution in [1.29, 1.82) is 0 Å². The molecule has 1 heteroatoms. The number of hydrogen-bond acceptors (Lipinski definition) is 0. The molecule has 2 unspecified atom stereocenters. The third kappa shape index (κ3) is 2.07. The van der Waals surface area contributed by atoms with E-state index in [1.165, 1.54) is 0 Å². The quantitative estimate of drug-likeness (QED) is 0.504. The second-order valence-corrected chi connectivity index (χ2v) is 5.23. The van der Waals surface area contributed by atoms with Crippen LogP contribution in [0.1, 0.15) is 12.8 Å². The van der Waals surface area contributed by atoms with E-state index >= 15 is 0 Å². The summed E-state index contributed by atoms with van der Waals surface area (Å²) in [5.41, 5.74) is -0.0995. The van der Waals surface area contributed by atoms with Crippen molar-refractivity contribution in [3.8, 4) is 0 Å². The smallest absolute Gasteiger partial charge is 0.0602 e. The van der Waals surface area contributed by atoms with Crippen LogP contribution in [0.15, 0.2) is 62.3 Å². The average Bonchev–Trinajstić information content (AvgIpc) is 2.22. The van der Waals surface area contributed by atoms with Gasteiger partial charge in [-0.15, -0.1) is 19.7 Å². The van der Waals surface area contributed by atoms with Gasteiger partial charge in [0.2, 0.25) is 0 Å². The number of rotatable bonds is 5. The fourth-order valence-corrected chi connectivity index (χ4v) is 2.83. The Bertz CT molecular complexity index is 324. The normalized spacial score (nSPS) is 33.7. The van der Waals surface area contributed by atoms with Gasteiger partial charge in [0, 0.05) is 5.41 Å². The van der Waals surface area contributed by atoms with Gasteiger partial charge in [-0.25, -0.2) is 0 Å². The van der Waals surface area contributed by atoms with Gasteiger partial charge in [-0.3, -0.25) is 0 Å². The highest BCUT2D eigenvalue weighted by Gasteiger charge is 2.43. The molecule has 1 rings (SSSR count). The highest BCUT2D eigenvalue weighted by atomic mass is 79.9. The number of allylic oxidation sites excluding steroid dienone is 7. The Kier molecular flexibility index (Phi) is 3.92. The van der Waals surface area contributed by atoms with Crippen LogP contribution in [-0.2, 0) is 0 Å². The largest absolute Gasteiger partial charge is 0.103 e. The molecule has 0 saturated carbocycles. The van der Waals surface area contributed by atoms with Crippen molar-refractivity contribution in [2.45, 2.75) is 17.2 Å². The van der Waals surface area contributed by atoms with Crippen LogP contribution in [0.25, 0.3) is 0 Å². The van der Waals surface area contributed by atoms with Crippen LogP contribution in [0.2, 0.25) is 0 Å². The second kappa shape index (κ2) is 4.80. The fourth-order valence-electron chi connectivity index (χ4n) is 1.99. The minimum Gasteiger partial charge on any atom is -0.103 e. The lowest BCUT2D eigenvalue weighted by atomic mass is 9.69. The molecule has 0 bridgehead atoms. The van der Waals surface area contributed by atoms with Crippen LogP contribution in [0.4, 0.5) is 0 Å². The standard InChI is InChI=1S/C14H17Br/c1-4-9-13(6-3)11-7-8-12-14(13,15)10-5-2/h4-8,11-12H,1-3,9-10H2. The Morgan fingerprint density at radius 2 is 1.60 bits per heavy atom. The zero-order valence-electron chi connectivity index (χ0n) is 8.95. The molecule has 0 nitrogen and oxygen atoms in total. The third-order valence-corrected chi connectivity index (χ3v) is 4.25. The predicted molar refractivity (Wildman–Crippen MR) is 72.2 cm³/mol. The van der Waals surface area contributed by atoms with Crippen molar-refractivity contribution in [1.82, 2.24) is 0 Å². The number of hydrogen-bond donors (Lipinski definition) is 0. The first kappa shape index (κ1) is 12.3. The number of alkyl halides is 1. The van der Waals surface area contributed by atoms with Gasteiger partial charge in [0.1, 0.15) is 0 Å². The van der Waals surface area contributed by atoms with Crippen molar-refractivity contribution in [3.63, 3.8) is 0 Å². The molecule has 0 radical (unpaired) electrons. The minimum absolute atomic E-state index is 0.0995. The van der Waals surface area contributed by atoms with Crippen molar-refractivity contribution >= 4 is 15.9 Å². The maximum absolute atomic E-state index is 3.96. The molecule has 0 aromatic heterocycles. The summed E-state index contributed by atoms with van der Waals surface area (Å²) in [5, 5.41) is 0. The lowest BCUT2D eigenvalue weighted by molar-refractivity contribution is 0.406. The van der Waals surface area contributed by atoms with Crippen molar-refractivity contribution < 1.29 is 0 Å². The van der Waals surface area contributed by atoms with E-state index < -0.39 is 0 Å². The van der Waals surface area contributed by atoms with Gasteiger partial charge in [0.05, 0.1) is 4.32 Å². The predicted octanol–water partition coefficient (Wildman–Crippen LogP) is 4.57. The molecule has 2 atom stereocenters. The van der Waals surface area contributed by atoms with Gasteiger partial charge in [0.15, 0.2) is 0 Å². The van der Waals surface area contributed by atoms with Crippen LogP contribution in [0.5, 0.6) is 0 Å². The van der Waals surface area contributed by atoms with E-state index in [1.54, 1.807) is 0 Å². The highest BCUT2D eigenvalue weighted by Crippen LogP contribution is 2.49. The van der Waals surface area contributed by atoms with Gasteiger partial charge in [-0.1, -0.05) is 58.5 Å². The van der Waals surface area contributed by atoms with Crippen LogP contribution in [0.3, 0.4) is 0 Å². The van der Waals surface area contributed by atoms with E-state index in [1.807, 2.05) is 18.2 Å². The fraction of sp³-hybridized carbons (Fsp3) is 0.286. The highest BCUT2D eigenvalue weighted by molar-refractivity contribution is 9.10.